The number of alkyl halides is 3. The Morgan fingerprint density at radius 3 is 2.30 bits per heavy atom. The second kappa shape index (κ2) is 6.22. The SMILES string of the molecule is CN(c1cccc(C(F)(F)F)c1)S(=O)(=O)c1cc(Cl)ccc1Cl. The molecule has 0 fully saturated rings. The molecule has 0 spiro atoms. The summed E-state index contributed by atoms with van der Waals surface area (Å²) in [5.74, 6) is 0. The number of halogens is 5. The molecule has 2 aromatic carbocycles. The van der Waals surface area contributed by atoms with Crippen LogP contribution in [0, 0.1) is 0 Å². The smallest absolute Gasteiger partial charge is 0.269 e. The lowest BCUT2D eigenvalue weighted by atomic mass is 10.2. The van der Waals surface area contributed by atoms with Gasteiger partial charge in [0.1, 0.15) is 4.90 Å². The Morgan fingerprint density at radius 2 is 1.70 bits per heavy atom. The summed E-state index contributed by atoms with van der Waals surface area (Å²) in [5, 5.41) is 0.0682. The molecule has 0 heterocycles. The maximum Gasteiger partial charge on any atom is 0.416 e. The van der Waals surface area contributed by atoms with Crippen molar-refractivity contribution in [2.75, 3.05) is 11.4 Å². The van der Waals surface area contributed by atoms with Gasteiger partial charge in [-0.2, -0.15) is 13.2 Å². The van der Waals surface area contributed by atoms with Crippen LogP contribution >= 0.6 is 23.2 Å². The van der Waals surface area contributed by atoms with Crippen molar-refractivity contribution in [1.82, 2.24) is 0 Å². The summed E-state index contributed by atoms with van der Waals surface area (Å²) in [5.41, 5.74) is -1.09. The van der Waals surface area contributed by atoms with E-state index in [0.717, 1.165) is 35.6 Å². The summed E-state index contributed by atoms with van der Waals surface area (Å²) < 4.78 is 64.1. The zero-order valence-corrected chi connectivity index (χ0v) is 13.9. The average molecular weight is 384 g/mol. The van der Waals surface area contributed by atoms with Crippen molar-refractivity contribution in [2.45, 2.75) is 11.1 Å². The predicted octanol–water partition coefficient (Wildman–Crippen LogP) is 4.84. The average Bonchev–Trinajstić information content (AvgIpc) is 2.48. The number of anilines is 1. The van der Waals surface area contributed by atoms with Gasteiger partial charge in [0, 0.05) is 12.1 Å². The molecule has 0 saturated carbocycles. The van der Waals surface area contributed by atoms with Gasteiger partial charge in [0.25, 0.3) is 10.0 Å². The van der Waals surface area contributed by atoms with Gasteiger partial charge >= 0.3 is 6.18 Å². The van der Waals surface area contributed by atoms with Crippen LogP contribution in [0.3, 0.4) is 0 Å². The minimum atomic E-state index is -4.58. The van der Waals surface area contributed by atoms with E-state index in [9.17, 15) is 21.6 Å². The summed E-state index contributed by atoms with van der Waals surface area (Å²) >= 11 is 11.6. The van der Waals surface area contributed by atoms with E-state index in [1.165, 1.54) is 18.2 Å². The number of hydrogen-bond donors (Lipinski definition) is 0. The summed E-state index contributed by atoms with van der Waals surface area (Å²) in [6.07, 6.45) is -4.58. The largest absolute Gasteiger partial charge is 0.416 e. The standard InChI is InChI=1S/C14H10Cl2F3NO2S/c1-20(11-4-2-3-9(7-11)14(17,18)19)23(21,22)13-8-10(15)5-6-12(13)16/h2-8H,1H3. The van der Waals surface area contributed by atoms with Crippen molar-refractivity contribution in [3.8, 4) is 0 Å². The fourth-order valence-corrected chi connectivity index (χ4v) is 3.76. The Labute approximate surface area is 141 Å². The van der Waals surface area contributed by atoms with Crippen LogP contribution in [0.2, 0.25) is 10.0 Å². The third-order valence-electron chi connectivity index (χ3n) is 3.07. The van der Waals surface area contributed by atoms with Gasteiger partial charge in [0.2, 0.25) is 0 Å². The van der Waals surface area contributed by atoms with E-state index in [1.54, 1.807) is 0 Å². The van der Waals surface area contributed by atoms with Crippen molar-refractivity contribution in [2.24, 2.45) is 0 Å². The topological polar surface area (TPSA) is 37.4 Å². The molecule has 124 valence electrons. The Bertz CT molecular complexity index is 838. The molecule has 23 heavy (non-hydrogen) atoms. The molecular formula is C14H10Cl2F3NO2S. The van der Waals surface area contributed by atoms with Crippen molar-refractivity contribution in [3.63, 3.8) is 0 Å². The molecule has 0 aliphatic heterocycles. The highest BCUT2D eigenvalue weighted by atomic mass is 35.5. The van der Waals surface area contributed by atoms with E-state index < -0.39 is 21.8 Å². The molecule has 3 nitrogen and oxygen atoms in total. The van der Waals surface area contributed by atoms with Crippen LogP contribution in [-0.2, 0) is 16.2 Å². The minimum absolute atomic E-state index is 0.0757. The summed E-state index contributed by atoms with van der Waals surface area (Å²) in [6, 6.07) is 7.84. The van der Waals surface area contributed by atoms with E-state index in [1.807, 2.05) is 0 Å². The lowest BCUT2D eigenvalue weighted by Gasteiger charge is -2.21. The first-order valence-corrected chi connectivity index (χ1v) is 8.34. The highest BCUT2D eigenvalue weighted by Crippen LogP contribution is 2.34. The second-order valence-corrected chi connectivity index (χ2v) is 7.38. The van der Waals surface area contributed by atoms with Gasteiger partial charge in [0.15, 0.2) is 0 Å². The normalized spacial score (nSPS) is 12.3. The van der Waals surface area contributed by atoms with Crippen LogP contribution in [0.1, 0.15) is 5.56 Å². The monoisotopic (exact) mass is 383 g/mol. The fraction of sp³-hybridized carbons (Fsp3) is 0.143. The van der Waals surface area contributed by atoms with Gasteiger partial charge < -0.3 is 0 Å². The number of sulfonamides is 1. The van der Waals surface area contributed by atoms with E-state index >= 15 is 0 Å². The van der Waals surface area contributed by atoms with Gasteiger partial charge in [-0.25, -0.2) is 8.42 Å². The molecule has 0 radical (unpaired) electrons. The van der Waals surface area contributed by atoms with Gasteiger partial charge in [-0.3, -0.25) is 4.31 Å². The lowest BCUT2D eigenvalue weighted by molar-refractivity contribution is -0.137. The molecule has 2 aromatic rings. The maximum atomic E-state index is 12.8. The summed E-state index contributed by atoms with van der Waals surface area (Å²) in [4.78, 5) is -0.286. The molecule has 0 atom stereocenters. The molecule has 2 rings (SSSR count). The molecule has 0 unspecified atom stereocenters. The number of rotatable bonds is 3. The summed E-state index contributed by atoms with van der Waals surface area (Å²) in [6.45, 7) is 0. The van der Waals surface area contributed by atoms with Crippen molar-refractivity contribution in [1.29, 1.82) is 0 Å². The van der Waals surface area contributed by atoms with E-state index in [0.29, 0.717) is 0 Å². The van der Waals surface area contributed by atoms with Crippen LogP contribution in [0.25, 0.3) is 0 Å². The Hall–Kier alpha value is -1.44. The number of nitrogens with zero attached hydrogens (tertiary/aromatic N) is 1. The second-order valence-electron chi connectivity index (χ2n) is 4.60. The van der Waals surface area contributed by atoms with Gasteiger partial charge in [-0.15, -0.1) is 0 Å². The van der Waals surface area contributed by atoms with Crippen LogP contribution in [0.5, 0.6) is 0 Å². The molecule has 9 heteroatoms. The van der Waals surface area contributed by atoms with Crippen molar-refractivity contribution < 1.29 is 21.6 Å². The minimum Gasteiger partial charge on any atom is -0.269 e. The quantitative estimate of drug-likeness (QED) is 0.760. The Morgan fingerprint density at radius 1 is 1.04 bits per heavy atom. The number of benzene rings is 2. The molecule has 0 N–H and O–H groups in total. The Balaban J connectivity index is 2.51. The van der Waals surface area contributed by atoms with Gasteiger partial charge in [-0.1, -0.05) is 29.3 Å². The van der Waals surface area contributed by atoms with Crippen LogP contribution < -0.4 is 4.31 Å². The lowest BCUT2D eigenvalue weighted by Crippen LogP contribution is -2.27. The first kappa shape index (κ1) is 17.9. The molecule has 0 amide bonds. The first-order valence-electron chi connectivity index (χ1n) is 6.15. The molecule has 0 bridgehead atoms. The molecule has 0 aliphatic rings. The van der Waals surface area contributed by atoms with Crippen molar-refractivity contribution >= 4 is 38.9 Å². The summed E-state index contributed by atoms with van der Waals surface area (Å²) in [7, 11) is -3.02. The molecular weight excluding hydrogens is 374 g/mol. The molecule has 0 aliphatic carbocycles. The van der Waals surface area contributed by atoms with Crippen molar-refractivity contribution in [3.05, 3.63) is 58.1 Å². The van der Waals surface area contributed by atoms with Crippen LogP contribution in [0.4, 0.5) is 18.9 Å². The third kappa shape index (κ3) is 3.73. The van der Waals surface area contributed by atoms with Gasteiger partial charge in [0.05, 0.1) is 16.3 Å². The fourth-order valence-electron chi connectivity index (χ4n) is 1.84. The molecule has 0 aromatic heterocycles. The number of hydrogen-bond acceptors (Lipinski definition) is 2. The predicted molar refractivity (Wildman–Crippen MR) is 83.5 cm³/mol. The highest BCUT2D eigenvalue weighted by Gasteiger charge is 2.32. The van der Waals surface area contributed by atoms with E-state index in [2.05, 4.69) is 0 Å². The maximum absolute atomic E-state index is 12.8. The van der Waals surface area contributed by atoms with Crippen LogP contribution in [-0.4, -0.2) is 15.5 Å². The zero-order chi connectivity index (χ0) is 17.4. The van der Waals surface area contributed by atoms with Gasteiger partial charge in [-0.05, 0) is 36.4 Å². The van der Waals surface area contributed by atoms with E-state index in [4.69, 9.17) is 23.2 Å². The Kier molecular flexibility index (Phi) is 4.84. The molecule has 0 saturated heterocycles. The van der Waals surface area contributed by atoms with E-state index in [-0.39, 0.29) is 20.6 Å². The third-order valence-corrected chi connectivity index (χ3v) is 5.57. The highest BCUT2D eigenvalue weighted by molar-refractivity contribution is 7.93. The zero-order valence-electron chi connectivity index (χ0n) is 11.6. The van der Waals surface area contributed by atoms with Crippen LogP contribution in [0.15, 0.2) is 47.4 Å². The first-order chi connectivity index (χ1) is 10.5.